The molecular formula is C16H23N3O5. The zero-order chi connectivity index (χ0) is 17.7. The Balaban J connectivity index is 2.27. The van der Waals surface area contributed by atoms with Gasteiger partial charge in [0.15, 0.2) is 11.5 Å². The van der Waals surface area contributed by atoms with Gasteiger partial charge >= 0.3 is 0 Å². The molecule has 0 aromatic heterocycles. The molecule has 0 aliphatic carbocycles. The average Bonchev–Trinajstić information content (AvgIpc) is 2.60. The van der Waals surface area contributed by atoms with Crippen molar-refractivity contribution in [3.05, 3.63) is 27.8 Å². The predicted octanol–water partition coefficient (Wildman–Crippen LogP) is 1.68. The number of nitro groups is 1. The quantitative estimate of drug-likeness (QED) is 0.627. The van der Waals surface area contributed by atoms with Crippen LogP contribution in [0.3, 0.4) is 0 Å². The minimum atomic E-state index is -0.567. The molecule has 8 nitrogen and oxygen atoms in total. The van der Waals surface area contributed by atoms with E-state index in [-0.39, 0.29) is 22.9 Å². The highest BCUT2D eigenvalue weighted by Gasteiger charge is 2.30. The van der Waals surface area contributed by atoms with E-state index in [1.54, 1.807) is 4.90 Å². The molecule has 0 atom stereocenters. The van der Waals surface area contributed by atoms with E-state index in [9.17, 15) is 14.9 Å². The van der Waals surface area contributed by atoms with Gasteiger partial charge < -0.3 is 19.7 Å². The number of hydrogen-bond acceptors (Lipinski definition) is 6. The first-order valence-corrected chi connectivity index (χ1v) is 7.86. The van der Waals surface area contributed by atoms with E-state index >= 15 is 0 Å². The van der Waals surface area contributed by atoms with Crippen molar-refractivity contribution in [3.63, 3.8) is 0 Å². The van der Waals surface area contributed by atoms with Gasteiger partial charge in [0.05, 0.1) is 25.2 Å². The number of ether oxygens (including phenoxy) is 2. The molecule has 24 heavy (non-hydrogen) atoms. The maximum atomic E-state index is 12.8. The molecule has 1 N–H and O–H groups in total. The van der Waals surface area contributed by atoms with Crippen LogP contribution in [0.1, 0.15) is 23.2 Å². The number of amides is 1. The molecule has 1 amide bonds. The third-order valence-electron chi connectivity index (χ3n) is 4.32. The third-order valence-corrected chi connectivity index (χ3v) is 4.32. The fourth-order valence-electron chi connectivity index (χ4n) is 2.99. The van der Waals surface area contributed by atoms with Gasteiger partial charge in [0.1, 0.15) is 5.56 Å². The molecule has 1 aliphatic heterocycles. The van der Waals surface area contributed by atoms with Crippen molar-refractivity contribution in [2.24, 2.45) is 5.92 Å². The Morgan fingerprint density at radius 2 is 1.88 bits per heavy atom. The second kappa shape index (κ2) is 7.96. The van der Waals surface area contributed by atoms with Crippen LogP contribution in [0.15, 0.2) is 12.1 Å². The van der Waals surface area contributed by atoms with E-state index in [1.807, 2.05) is 7.05 Å². The SMILES string of the molecule is CNCC1CCN(C(=O)c2cc(OC)c(OC)cc2[N+](=O)[O-])CC1. The van der Waals surface area contributed by atoms with Crippen molar-refractivity contribution in [1.82, 2.24) is 10.2 Å². The molecule has 1 aliphatic rings. The standard InChI is InChI=1S/C16H23N3O5/c1-17-10-11-4-6-18(7-5-11)16(20)12-8-14(23-2)15(24-3)9-13(12)19(21)22/h8-9,11,17H,4-7,10H2,1-3H3. The van der Waals surface area contributed by atoms with Gasteiger partial charge in [-0.15, -0.1) is 0 Å². The molecule has 1 fully saturated rings. The average molecular weight is 337 g/mol. The summed E-state index contributed by atoms with van der Waals surface area (Å²) in [5.74, 6) is 0.718. The molecule has 2 rings (SSSR count). The molecule has 0 spiro atoms. The van der Waals surface area contributed by atoms with E-state index < -0.39 is 4.92 Å². The van der Waals surface area contributed by atoms with Crippen molar-refractivity contribution in [1.29, 1.82) is 0 Å². The van der Waals surface area contributed by atoms with Crippen molar-refractivity contribution < 1.29 is 19.2 Å². The number of nitro benzene ring substituents is 1. The molecule has 0 radical (unpaired) electrons. The van der Waals surface area contributed by atoms with Gasteiger partial charge in [-0.3, -0.25) is 14.9 Å². The number of rotatable bonds is 6. The van der Waals surface area contributed by atoms with Crippen molar-refractivity contribution in [2.45, 2.75) is 12.8 Å². The second-order valence-corrected chi connectivity index (χ2v) is 5.77. The van der Waals surface area contributed by atoms with Gasteiger partial charge in [-0.05, 0) is 32.4 Å². The van der Waals surface area contributed by atoms with Gasteiger partial charge in [-0.1, -0.05) is 0 Å². The van der Waals surface area contributed by atoms with Crippen LogP contribution in [0.25, 0.3) is 0 Å². The van der Waals surface area contributed by atoms with Gasteiger partial charge in [0.2, 0.25) is 0 Å². The fraction of sp³-hybridized carbons (Fsp3) is 0.562. The summed E-state index contributed by atoms with van der Waals surface area (Å²) in [6, 6.07) is 2.62. The van der Waals surface area contributed by atoms with E-state index in [0.29, 0.717) is 24.8 Å². The van der Waals surface area contributed by atoms with Gasteiger partial charge in [-0.2, -0.15) is 0 Å². The number of nitrogens with zero attached hydrogens (tertiary/aromatic N) is 2. The smallest absolute Gasteiger partial charge is 0.286 e. The first-order chi connectivity index (χ1) is 11.5. The van der Waals surface area contributed by atoms with E-state index in [0.717, 1.165) is 19.4 Å². The van der Waals surface area contributed by atoms with Gasteiger partial charge in [0, 0.05) is 19.2 Å². The molecule has 1 aromatic rings. The summed E-state index contributed by atoms with van der Waals surface area (Å²) >= 11 is 0. The Morgan fingerprint density at radius 3 is 2.38 bits per heavy atom. The number of likely N-dealkylation sites (tertiary alicyclic amines) is 1. The largest absolute Gasteiger partial charge is 0.493 e. The first kappa shape index (κ1) is 18.0. The lowest BCUT2D eigenvalue weighted by molar-refractivity contribution is -0.385. The molecule has 1 heterocycles. The highest BCUT2D eigenvalue weighted by Crippen LogP contribution is 2.35. The Kier molecular flexibility index (Phi) is 5.97. The normalized spacial score (nSPS) is 15.2. The lowest BCUT2D eigenvalue weighted by atomic mass is 9.96. The first-order valence-electron chi connectivity index (χ1n) is 7.86. The summed E-state index contributed by atoms with van der Waals surface area (Å²) in [7, 11) is 4.74. The minimum Gasteiger partial charge on any atom is -0.493 e. The lowest BCUT2D eigenvalue weighted by Crippen LogP contribution is -2.40. The molecule has 0 saturated carbocycles. The van der Waals surface area contributed by atoms with Crippen LogP contribution in [0.4, 0.5) is 5.69 Å². The summed E-state index contributed by atoms with van der Waals surface area (Å²) < 4.78 is 10.3. The molecular weight excluding hydrogens is 314 g/mol. The van der Waals surface area contributed by atoms with Gasteiger partial charge in [-0.25, -0.2) is 0 Å². The molecule has 0 unspecified atom stereocenters. The Labute approximate surface area is 140 Å². The number of hydrogen-bond donors (Lipinski definition) is 1. The van der Waals surface area contributed by atoms with Crippen LogP contribution in [0.2, 0.25) is 0 Å². The summed E-state index contributed by atoms with van der Waals surface area (Å²) in [6.45, 7) is 2.10. The molecule has 8 heteroatoms. The minimum absolute atomic E-state index is 0.0321. The number of piperidine rings is 1. The summed E-state index contributed by atoms with van der Waals surface area (Å²) in [5, 5.41) is 14.5. The maximum absolute atomic E-state index is 12.8. The highest BCUT2D eigenvalue weighted by molar-refractivity contribution is 5.99. The van der Waals surface area contributed by atoms with Crippen LogP contribution in [-0.2, 0) is 0 Å². The molecule has 132 valence electrons. The maximum Gasteiger partial charge on any atom is 0.286 e. The van der Waals surface area contributed by atoms with Crippen molar-refractivity contribution >= 4 is 11.6 Å². The van der Waals surface area contributed by atoms with E-state index in [4.69, 9.17) is 9.47 Å². The summed E-state index contributed by atoms with van der Waals surface area (Å²) in [6.07, 6.45) is 1.77. The topological polar surface area (TPSA) is 93.9 Å². The van der Waals surface area contributed by atoms with Crippen LogP contribution < -0.4 is 14.8 Å². The van der Waals surface area contributed by atoms with E-state index in [1.165, 1.54) is 26.4 Å². The van der Waals surface area contributed by atoms with Crippen LogP contribution in [-0.4, -0.2) is 56.6 Å². The number of carbonyl (C=O) groups is 1. The Bertz CT molecular complexity index is 612. The summed E-state index contributed by atoms with van der Waals surface area (Å²) in [4.78, 5) is 25.2. The Hall–Kier alpha value is -2.35. The van der Waals surface area contributed by atoms with Crippen LogP contribution >= 0.6 is 0 Å². The molecule has 1 saturated heterocycles. The third kappa shape index (κ3) is 3.76. The zero-order valence-corrected chi connectivity index (χ0v) is 14.2. The van der Waals surface area contributed by atoms with Crippen molar-refractivity contribution in [2.75, 3.05) is 40.9 Å². The Morgan fingerprint density at radius 1 is 1.29 bits per heavy atom. The lowest BCUT2D eigenvalue weighted by Gasteiger charge is -2.32. The monoisotopic (exact) mass is 337 g/mol. The molecule has 0 bridgehead atoms. The number of methoxy groups -OCH3 is 2. The van der Waals surface area contributed by atoms with Gasteiger partial charge in [0.25, 0.3) is 11.6 Å². The van der Waals surface area contributed by atoms with Crippen LogP contribution in [0.5, 0.6) is 11.5 Å². The highest BCUT2D eigenvalue weighted by atomic mass is 16.6. The fourth-order valence-corrected chi connectivity index (χ4v) is 2.99. The number of benzene rings is 1. The predicted molar refractivity (Wildman–Crippen MR) is 88.8 cm³/mol. The van der Waals surface area contributed by atoms with Crippen LogP contribution in [0, 0.1) is 16.0 Å². The number of carbonyl (C=O) groups excluding carboxylic acids is 1. The molecule has 1 aromatic carbocycles. The summed E-state index contributed by atoms with van der Waals surface area (Å²) in [5.41, 5.74) is -0.236. The van der Waals surface area contributed by atoms with Crippen molar-refractivity contribution in [3.8, 4) is 11.5 Å². The second-order valence-electron chi connectivity index (χ2n) is 5.77. The van der Waals surface area contributed by atoms with E-state index in [2.05, 4.69) is 5.32 Å². The zero-order valence-electron chi connectivity index (χ0n) is 14.2. The number of nitrogens with one attached hydrogen (secondary N) is 1.